The number of hydrogen-bond donors (Lipinski definition) is 2. The molecule has 0 saturated carbocycles. The van der Waals surface area contributed by atoms with E-state index >= 15 is 0 Å². The van der Waals surface area contributed by atoms with Crippen LogP contribution < -0.4 is 11.4 Å². The maximum atomic E-state index is 13.4. The molecule has 2 heterocycles. The summed E-state index contributed by atoms with van der Waals surface area (Å²) in [6.45, 7) is 0. The van der Waals surface area contributed by atoms with E-state index in [0.717, 1.165) is 0 Å². The topological polar surface area (TPSA) is 111 Å². The summed E-state index contributed by atoms with van der Waals surface area (Å²) in [5.41, 5.74) is 7.28. The second-order valence-corrected chi connectivity index (χ2v) is 6.10. The van der Waals surface area contributed by atoms with Crippen molar-refractivity contribution in [3.8, 4) is 22.8 Å². The third-order valence-corrected chi connectivity index (χ3v) is 4.32. The van der Waals surface area contributed by atoms with Crippen molar-refractivity contribution >= 4 is 5.84 Å². The van der Waals surface area contributed by atoms with E-state index < -0.39 is 11.5 Å². The number of pyridine rings is 1. The molecule has 0 unspecified atom stereocenters. The van der Waals surface area contributed by atoms with Gasteiger partial charge in [0, 0.05) is 23.5 Å². The number of benzene rings is 2. The molecule has 0 aliphatic heterocycles. The fourth-order valence-corrected chi connectivity index (χ4v) is 2.88. The van der Waals surface area contributed by atoms with E-state index in [-0.39, 0.29) is 5.84 Å². The molecule has 29 heavy (non-hydrogen) atoms. The number of aromatic nitrogens is 4. The van der Waals surface area contributed by atoms with E-state index in [1.165, 1.54) is 33.5 Å². The number of nitrogens with two attached hydrogens (primary N) is 1. The minimum atomic E-state index is -0.431. The van der Waals surface area contributed by atoms with Crippen LogP contribution in [0.15, 0.2) is 83.0 Å². The van der Waals surface area contributed by atoms with Gasteiger partial charge in [-0.15, -0.1) is 5.10 Å². The van der Waals surface area contributed by atoms with Crippen molar-refractivity contribution in [1.82, 2.24) is 19.3 Å². The van der Waals surface area contributed by atoms with E-state index in [0.29, 0.717) is 28.3 Å². The van der Waals surface area contributed by atoms with Crippen molar-refractivity contribution < 1.29 is 9.60 Å². The van der Waals surface area contributed by atoms with Crippen LogP contribution in [0.4, 0.5) is 4.39 Å². The number of hydrogen-bond acceptors (Lipinski definition) is 5. The molecular formula is C20H15FN6O2. The molecule has 0 aliphatic rings. The highest BCUT2D eigenvalue weighted by atomic mass is 19.1. The molecule has 0 bridgehead atoms. The summed E-state index contributed by atoms with van der Waals surface area (Å²) in [5, 5.41) is 16.2. The van der Waals surface area contributed by atoms with Crippen LogP contribution >= 0.6 is 0 Å². The normalized spacial score (nSPS) is 11.6. The average Bonchev–Trinajstić information content (AvgIpc) is 3.11. The van der Waals surface area contributed by atoms with Gasteiger partial charge in [-0.2, -0.15) is 4.68 Å². The van der Waals surface area contributed by atoms with Gasteiger partial charge in [0.1, 0.15) is 5.82 Å². The molecule has 2 aromatic carbocycles. The van der Waals surface area contributed by atoms with Gasteiger partial charge in [-0.05, 0) is 60.7 Å². The van der Waals surface area contributed by atoms with Crippen molar-refractivity contribution in [3.63, 3.8) is 0 Å². The largest absolute Gasteiger partial charge is 0.409 e. The van der Waals surface area contributed by atoms with Crippen LogP contribution in [0.3, 0.4) is 0 Å². The quantitative estimate of drug-likeness (QED) is 0.240. The van der Waals surface area contributed by atoms with Crippen molar-refractivity contribution in [2.75, 3.05) is 0 Å². The van der Waals surface area contributed by atoms with Gasteiger partial charge in [-0.3, -0.25) is 4.98 Å². The number of amidine groups is 1. The molecule has 0 fully saturated rings. The minimum absolute atomic E-state index is 0.0433. The Bertz CT molecular complexity index is 1230. The Labute approximate surface area is 164 Å². The molecule has 0 amide bonds. The SMILES string of the molecule is N/C(=N\O)c1ccc(-n2nc(-c3ccncc3)n(-c3ccc(F)cc3)c2=O)cc1. The first-order valence-corrected chi connectivity index (χ1v) is 8.55. The first-order chi connectivity index (χ1) is 14.1. The minimum Gasteiger partial charge on any atom is -0.409 e. The van der Waals surface area contributed by atoms with Crippen LogP contribution in [0, 0.1) is 5.82 Å². The zero-order chi connectivity index (χ0) is 20.4. The Morgan fingerprint density at radius 3 is 2.21 bits per heavy atom. The van der Waals surface area contributed by atoms with Gasteiger partial charge in [0.15, 0.2) is 11.7 Å². The van der Waals surface area contributed by atoms with Crippen molar-refractivity contribution in [1.29, 1.82) is 0 Å². The first-order valence-electron chi connectivity index (χ1n) is 8.55. The maximum absolute atomic E-state index is 13.4. The fraction of sp³-hybridized carbons (Fsp3) is 0. The van der Waals surface area contributed by atoms with Crippen LogP contribution in [-0.2, 0) is 0 Å². The van der Waals surface area contributed by atoms with E-state index in [1.54, 1.807) is 48.8 Å². The molecular weight excluding hydrogens is 375 g/mol. The van der Waals surface area contributed by atoms with Gasteiger partial charge in [-0.25, -0.2) is 13.8 Å². The predicted octanol–water partition coefficient (Wildman–Crippen LogP) is 2.32. The summed E-state index contributed by atoms with van der Waals surface area (Å²) in [6.07, 6.45) is 3.19. The molecule has 4 aromatic rings. The lowest BCUT2D eigenvalue weighted by molar-refractivity contribution is 0.318. The summed E-state index contributed by atoms with van der Waals surface area (Å²) < 4.78 is 16.0. The number of rotatable bonds is 4. The molecule has 0 spiro atoms. The second kappa shape index (κ2) is 7.39. The van der Waals surface area contributed by atoms with Gasteiger partial charge in [0.05, 0.1) is 11.4 Å². The molecule has 0 atom stereocenters. The Kier molecular flexibility index (Phi) is 4.62. The lowest BCUT2D eigenvalue weighted by Crippen LogP contribution is -2.23. The van der Waals surface area contributed by atoms with E-state index in [4.69, 9.17) is 10.9 Å². The Balaban J connectivity index is 1.90. The molecule has 0 radical (unpaired) electrons. The van der Waals surface area contributed by atoms with Gasteiger partial charge in [-0.1, -0.05) is 5.16 Å². The lowest BCUT2D eigenvalue weighted by Gasteiger charge is -2.05. The summed E-state index contributed by atoms with van der Waals surface area (Å²) in [4.78, 5) is 17.2. The van der Waals surface area contributed by atoms with Crippen LogP contribution in [0.5, 0.6) is 0 Å². The Morgan fingerprint density at radius 1 is 0.966 bits per heavy atom. The Hall–Kier alpha value is -4.27. The van der Waals surface area contributed by atoms with Gasteiger partial charge in [0.2, 0.25) is 0 Å². The van der Waals surface area contributed by atoms with Gasteiger partial charge < -0.3 is 10.9 Å². The fourth-order valence-electron chi connectivity index (χ4n) is 2.88. The standard InChI is InChI=1S/C20H15FN6O2/c21-15-3-7-16(8-4-15)26-19(14-9-11-23-12-10-14)24-27(20(26)28)17-5-1-13(2-6-17)18(22)25-29/h1-12,29H,(H2,22,25). The third-order valence-electron chi connectivity index (χ3n) is 4.32. The zero-order valence-corrected chi connectivity index (χ0v) is 15.0. The summed E-state index contributed by atoms with van der Waals surface area (Å²) in [7, 11) is 0. The highest BCUT2D eigenvalue weighted by Crippen LogP contribution is 2.20. The molecule has 9 heteroatoms. The summed E-state index contributed by atoms with van der Waals surface area (Å²) in [6, 6.07) is 15.5. The molecule has 0 saturated heterocycles. The molecule has 0 aliphatic carbocycles. The van der Waals surface area contributed by atoms with Crippen molar-refractivity contribution in [3.05, 3.63) is 94.9 Å². The Morgan fingerprint density at radius 2 is 1.59 bits per heavy atom. The van der Waals surface area contributed by atoms with E-state index in [9.17, 15) is 9.18 Å². The third kappa shape index (κ3) is 3.36. The molecule has 4 rings (SSSR count). The van der Waals surface area contributed by atoms with E-state index in [1.807, 2.05) is 0 Å². The predicted molar refractivity (Wildman–Crippen MR) is 105 cm³/mol. The molecule has 144 valence electrons. The van der Waals surface area contributed by atoms with Crippen LogP contribution in [0.2, 0.25) is 0 Å². The average molecular weight is 390 g/mol. The molecule has 2 aromatic heterocycles. The second-order valence-electron chi connectivity index (χ2n) is 6.10. The smallest absolute Gasteiger partial charge is 0.355 e. The van der Waals surface area contributed by atoms with Crippen LogP contribution in [0.25, 0.3) is 22.8 Å². The molecule has 8 nitrogen and oxygen atoms in total. The first kappa shape index (κ1) is 18.1. The monoisotopic (exact) mass is 390 g/mol. The number of halogens is 1. The van der Waals surface area contributed by atoms with Crippen molar-refractivity contribution in [2.24, 2.45) is 10.9 Å². The maximum Gasteiger partial charge on any atom is 0.355 e. The molecule has 3 N–H and O–H groups in total. The van der Waals surface area contributed by atoms with Crippen LogP contribution in [-0.4, -0.2) is 30.4 Å². The zero-order valence-electron chi connectivity index (χ0n) is 15.0. The van der Waals surface area contributed by atoms with Crippen LogP contribution in [0.1, 0.15) is 5.56 Å². The number of nitrogens with zero attached hydrogens (tertiary/aromatic N) is 5. The highest BCUT2D eigenvalue weighted by molar-refractivity contribution is 5.97. The van der Waals surface area contributed by atoms with Gasteiger partial charge >= 0.3 is 5.69 Å². The van der Waals surface area contributed by atoms with Gasteiger partial charge in [0.25, 0.3) is 0 Å². The number of oxime groups is 1. The van der Waals surface area contributed by atoms with Crippen molar-refractivity contribution in [2.45, 2.75) is 0 Å². The lowest BCUT2D eigenvalue weighted by atomic mass is 10.2. The summed E-state index contributed by atoms with van der Waals surface area (Å²) >= 11 is 0. The highest BCUT2D eigenvalue weighted by Gasteiger charge is 2.18. The van der Waals surface area contributed by atoms with E-state index in [2.05, 4.69) is 15.2 Å². The summed E-state index contributed by atoms with van der Waals surface area (Å²) in [5.74, 6) is -0.0684.